The summed E-state index contributed by atoms with van der Waals surface area (Å²) >= 11 is 6.13. The molecule has 3 nitrogen and oxygen atoms in total. The standard InChI is InChI=1S/C15H21ClN2O.2ClH/c1-19-14-10-12(4-5-13(14)16)15(11-2-3-11)18-8-6-17-7-9-18;;/h4-5,10-11,15,17H,2-3,6-9H2,1H3;2*1H/t15-;;/m1../s1. The fourth-order valence-electron chi connectivity index (χ4n) is 3.01. The van der Waals surface area contributed by atoms with Crippen LogP contribution in [0.15, 0.2) is 18.2 Å². The van der Waals surface area contributed by atoms with Crippen LogP contribution in [-0.4, -0.2) is 38.2 Å². The molecule has 1 N–H and O–H groups in total. The average molecular weight is 354 g/mol. The Kier molecular flexibility index (Phi) is 7.58. The molecule has 1 atom stereocenters. The molecule has 1 aliphatic carbocycles. The number of ether oxygens (including phenoxy) is 1. The molecular weight excluding hydrogens is 331 g/mol. The number of nitrogens with zero attached hydrogens (tertiary/aromatic N) is 1. The van der Waals surface area contributed by atoms with Gasteiger partial charge in [0.2, 0.25) is 0 Å². The molecule has 0 amide bonds. The largest absolute Gasteiger partial charge is 0.495 e. The highest BCUT2D eigenvalue weighted by Gasteiger charge is 2.36. The zero-order chi connectivity index (χ0) is 13.2. The van der Waals surface area contributed by atoms with Crippen LogP contribution in [0.1, 0.15) is 24.4 Å². The van der Waals surface area contributed by atoms with Crippen LogP contribution in [0.25, 0.3) is 0 Å². The predicted molar refractivity (Wildman–Crippen MR) is 92.4 cm³/mol. The van der Waals surface area contributed by atoms with Crippen LogP contribution in [0, 0.1) is 5.92 Å². The van der Waals surface area contributed by atoms with Crippen LogP contribution >= 0.6 is 36.4 Å². The van der Waals surface area contributed by atoms with Crippen LogP contribution in [0.4, 0.5) is 0 Å². The summed E-state index contributed by atoms with van der Waals surface area (Å²) in [6, 6.07) is 6.78. The van der Waals surface area contributed by atoms with Crippen LogP contribution in [0.5, 0.6) is 5.75 Å². The molecule has 0 bridgehead atoms. The fraction of sp³-hybridized carbons (Fsp3) is 0.600. The molecule has 0 aromatic heterocycles. The number of benzene rings is 1. The molecule has 0 spiro atoms. The SMILES string of the molecule is COc1cc([C@@H](C2CC2)N2CCNCC2)ccc1Cl.Cl.Cl. The highest BCUT2D eigenvalue weighted by molar-refractivity contribution is 6.32. The topological polar surface area (TPSA) is 24.5 Å². The van der Waals surface area contributed by atoms with Gasteiger partial charge < -0.3 is 10.1 Å². The Hall–Kier alpha value is -0.190. The Balaban J connectivity index is 0.00000110. The summed E-state index contributed by atoms with van der Waals surface area (Å²) in [7, 11) is 1.68. The first-order valence-electron chi connectivity index (χ1n) is 7.08. The van der Waals surface area contributed by atoms with Crippen molar-refractivity contribution in [1.82, 2.24) is 10.2 Å². The Labute approximate surface area is 144 Å². The van der Waals surface area contributed by atoms with Crippen molar-refractivity contribution in [3.05, 3.63) is 28.8 Å². The number of halogens is 3. The van der Waals surface area contributed by atoms with Gasteiger partial charge in [0.05, 0.1) is 12.1 Å². The van der Waals surface area contributed by atoms with E-state index in [-0.39, 0.29) is 24.8 Å². The number of hydrogen-bond donors (Lipinski definition) is 1. The molecule has 2 aliphatic rings. The third-order valence-corrected chi connectivity index (χ3v) is 4.44. The molecule has 6 heteroatoms. The van der Waals surface area contributed by atoms with Crippen LogP contribution < -0.4 is 10.1 Å². The maximum atomic E-state index is 6.13. The van der Waals surface area contributed by atoms with Gasteiger partial charge in [-0.3, -0.25) is 4.90 Å². The van der Waals surface area contributed by atoms with Crippen molar-refractivity contribution in [3.8, 4) is 5.75 Å². The molecule has 1 aromatic rings. The zero-order valence-electron chi connectivity index (χ0n) is 12.2. The third kappa shape index (κ3) is 4.40. The first kappa shape index (κ1) is 18.9. The second-order valence-electron chi connectivity index (χ2n) is 5.46. The summed E-state index contributed by atoms with van der Waals surface area (Å²) in [4.78, 5) is 2.61. The van der Waals surface area contributed by atoms with Crippen molar-refractivity contribution in [3.63, 3.8) is 0 Å². The van der Waals surface area contributed by atoms with Gasteiger partial charge in [0.15, 0.2) is 0 Å². The van der Waals surface area contributed by atoms with Gasteiger partial charge in [-0.25, -0.2) is 0 Å². The Morgan fingerprint density at radius 2 is 1.90 bits per heavy atom. The number of nitrogens with one attached hydrogen (secondary N) is 1. The summed E-state index contributed by atoms with van der Waals surface area (Å²) < 4.78 is 5.36. The summed E-state index contributed by atoms with van der Waals surface area (Å²) in [5, 5.41) is 4.12. The van der Waals surface area contributed by atoms with Crippen molar-refractivity contribution >= 4 is 36.4 Å². The van der Waals surface area contributed by atoms with Crippen LogP contribution in [0.2, 0.25) is 5.02 Å². The monoisotopic (exact) mass is 352 g/mol. The van der Waals surface area contributed by atoms with Gasteiger partial charge in [-0.2, -0.15) is 0 Å². The maximum absolute atomic E-state index is 6.13. The summed E-state index contributed by atoms with van der Waals surface area (Å²) in [6.07, 6.45) is 2.69. The van der Waals surface area contributed by atoms with Gasteiger partial charge >= 0.3 is 0 Å². The van der Waals surface area contributed by atoms with Crippen molar-refractivity contribution in [2.24, 2.45) is 5.92 Å². The highest BCUT2D eigenvalue weighted by Crippen LogP contribution is 2.45. The maximum Gasteiger partial charge on any atom is 0.137 e. The van der Waals surface area contributed by atoms with Gasteiger partial charge in [0.1, 0.15) is 5.75 Å². The minimum absolute atomic E-state index is 0. The van der Waals surface area contributed by atoms with E-state index in [9.17, 15) is 0 Å². The summed E-state index contributed by atoms with van der Waals surface area (Å²) in [6.45, 7) is 4.44. The molecular formula is C15H23Cl3N2O. The van der Waals surface area contributed by atoms with E-state index >= 15 is 0 Å². The van der Waals surface area contributed by atoms with Crippen molar-refractivity contribution < 1.29 is 4.74 Å². The molecule has 120 valence electrons. The lowest BCUT2D eigenvalue weighted by Gasteiger charge is -2.35. The van der Waals surface area contributed by atoms with E-state index in [1.54, 1.807) is 7.11 Å². The second kappa shape index (κ2) is 8.44. The van der Waals surface area contributed by atoms with Crippen molar-refractivity contribution in [2.45, 2.75) is 18.9 Å². The van der Waals surface area contributed by atoms with E-state index in [2.05, 4.69) is 22.3 Å². The molecule has 1 aromatic carbocycles. The van der Waals surface area contributed by atoms with Gasteiger partial charge in [0, 0.05) is 32.2 Å². The molecule has 0 radical (unpaired) electrons. The minimum Gasteiger partial charge on any atom is -0.495 e. The van der Waals surface area contributed by atoms with E-state index in [1.165, 1.54) is 18.4 Å². The summed E-state index contributed by atoms with van der Waals surface area (Å²) in [5.74, 6) is 1.60. The quantitative estimate of drug-likeness (QED) is 0.896. The Bertz CT molecular complexity index is 449. The normalized spacial score (nSPS) is 20.1. The van der Waals surface area contributed by atoms with Gasteiger partial charge in [-0.15, -0.1) is 24.8 Å². The first-order chi connectivity index (χ1) is 9.29. The highest BCUT2D eigenvalue weighted by atomic mass is 35.5. The Morgan fingerprint density at radius 3 is 2.48 bits per heavy atom. The number of methoxy groups -OCH3 is 1. The molecule has 1 saturated heterocycles. The van der Waals surface area contributed by atoms with Crippen molar-refractivity contribution in [1.29, 1.82) is 0 Å². The fourth-order valence-corrected chi connectivity index (χ4v) is 3.21. The van der Waals surface area contributed by atoms with Gasteiger partial charge in [-0.1, -0.05) is 17.7 Å². The lowest BCUT2D eigenvalue weighted by molar-refractivity contribution is 0.156. The second-order valence-corrected chi connectivity index (χ2v) is 5.87. The molecule has 2 fully saturated rings. The van der Waals surface area contributed by atoms with Crippen LogP contribution in [-0.2, 0) is 0 Å². The number of rotatable bonds is 4. The van der Waals surface area contributed by atoms with E-state index in [0.29, 0.717) is 11.1 Å². The molecule has 21 heavy (non-hydrogen) atoms. The lowest BCUT2D eigenvalue weighted by atomic mass is 9.99. The number of piperazine rings is 1. The van der Waals surface area contributed by atoms with E-state index in [0.717, 1.165) is 37.8 Å². The molecule has 3 rings (SSSR count). The lowest BCUT2D eigenvalue weighted by Crippen LogP contribution is -2.45. The summed E-state index contributed by atoms with van der Waals surface area (Å²) in [5.41, 5.74) is 1.35. The molecule has 1 heterocycles. The van der Waals surface area contributed by atoms with Gasteiger partial charge in [-0.05, 0) is 36.5 Å². The van der Waals surface area contributed by atoms with E-state index in [4.69, 9.17) is 16.3 Å². The average Bonchev–Trinajstić information content (AvgIpc) is 3.27. The molecule has 0 unspecified atom stereocenters. The van der Waals surface area contributed by atoms with Gasteiger partial charge in [0.25, 0.3) is 0 Å². The molecule has 1 aliphatic heterocycles. The zero-order valence-corrected chi connectivity index (χ0v) is 14.6. The Morgan fingerprint density at radius 1 is 1.24 bits per heavy atom. The molecule has 1 saturated carbocycles. The van der Waals surface area contributed by atoms with Crippen molar-refractivity contribution in [2.75, 3.05) is 33.3 Å². The minimum atomic E-state index is 0. The van der Waals surface area contributed by atoms with E-state index in [1.807, 2.05) is 6.07 Å². The third-order valence-electron chi connectivity index (χ3n) is 4.13. The van der Waals surface area contributed by atoms with Crippen LogP contribution in [0.3, 0.4) is 0 Å². The number of hydrogen-bond acceptors (Lipinski definition) is 3. The first-order valence-corrected chi connectivity index (χ1v) is 7.45. The predicted octanol–water partition coefficient (Wildman–Crippen LogP) is 3.55. The smallest absolute Gasteiger partial charge is 0.137 e. The van der Waals surface area contributed by atoms with E-state index < -0.39 is 0 Å².